The Balaban J connectivity index is 2.06. The molecule has 2 N–H and O–H groups in total. The molecule has 0 aliphatic rings. The van der Waals surface area contributed by atoms with E-state index in [4.69, 9.17) is 21.1 Å². The van der Waals surface area contributed by atoms with Crippen LogP contribution in [0.5, 0.6) is 11.5 Å². The summed E-state index contributed by atoms with van der Waals surface area (Å²) in [5.41, 5.74) is 3.04. The van der Waals surface area contributed by atoms with Gasteiger partial charge in [0.15, 0.2) is 18.1 Å². The Bertz CT molecular complexity index is 903. The van der Waals surface area contributed by atoms with E-state index in [9.17, 15) is 4.79 Å². The van der Waals surface area contributed by atoms with Crippen molar-refractivity contribution in [2.75, 3.05) is 18.5 Å². The van der Waals surface area contributed by atoms with Crippen LogP contribution in [0.4, 0.5) is 5.69 Å². The van der Waals surface area contributed by atoms with Crippen LogP contribution in [0.15, 0.2) is 36.4 Å². The average molecular weight is 461 g/mol. The van der Waals surface area contributed by atoms with Gasteiger partial charge in [-0.25, -0.2) is 0 Å². The van der Waals surface area contributed by atoms with Crippen LogP contribution in [0, 0.1) is 12.3 Å². The van der Waals surface area contributed by atoms with Gasteiger partial charge in [0.25, 0.3) is 5.91 Å². The number of nitrogens with one attached hydrogen (secondary N) is 2. The van der Waals surface area contributed by atoms with E-state index in [2.05, 4.69) is 45.3 Å². The summed E-state index contributed by atoms with van der Waals surface area (Å²) in [5, 5.41) is 6.85. The third kappa shape index (κ3) is 8.71. The average Bonchev–Trinajstić information content (AvgIpc) is 2.66. The number of aryl methyl sites for hydroxylation is 1. The van der Waals surface area contributed by atoms with Gasteiger partial charge in [0.05, 0.1) is 11.6 Å². The Kier molecular flexibility index (Phi) is 8.99. The van der Waals surface area contributed by atoms with Gasteiger partial charge in [-0.1, -0.05) is 50.1 Å². The third-order valence-corrected chi connectivity index (χ3v) is 5.08. The van der Waals surface area contributed by atoms with E-state index >= 15 is 0 Å². The first-order valence-corrected chi connectivity index (χ1v) is 11.5. The lowest BCUT2D eigenvalue weighted by molar-refractivity contribution is -0.118. The predicted octanol–water partition coefficient (Wildman–Crippen LogP) is 6.37. The summed E-state index contributed by atoms with van der Waals surface area (Å²) in [4.78, 5) is 12.3. The van der Waals surface area contributed by atoms with Gasteiger partial charge in [-0.3, -0.25) is 4.79 Å². The molecule has 0 fully saturated rings. The summed E-state index contributed by atoms with van der Waals surface area (Å²) in [5.74, 6) is 0.654. The highest BCUT2D eigenvalue weighted by Crippen LogP contribution is 2.37. The molecular weight excluding hydrogens is 424 g/mol. The molecular formula is C26H37ClN2O3. The zero-order valence-corrected chi connectivity index (χ0v) is 21.2. The fraction of sp³-hybridized carbons (Fsp3) is 0.500. The molecule has 5 nitrogen and oxygen atoms in total. The Morgan fingerprint density at radius 1 is 1.03 bits per heavy atom. The molecule has 0 spiro atoms. The standard InChI is InChI=1S/C26H37ClN2O3/c1-8-31-22-14-19(15-28-26(6,7)17-25(3,4)5)13-21(27)24(22)32-16-23(30)29-20-11-9-18(2)10-12-20/h9-14,28H,8,15-17H2,1-7H3,(H,29,30). The number of carbonyl (C=O) groups is 1. The molecule has 0 atom stereocenters. The van der Waals surface area contributed by atoms with E-state index in [1.54, 1.807) is 0 Å². The molecule has 0 unspecified atom stereocenters. The van der Waals surface area contributed by atoms with Crippen LogP contribution in [0.2, 0.25) is 5.02 Å². The van der Waals surface area contributed by atoms with Crippen LogP contribution in [-0.2, 0) is 11.3 Å². The summed E-state index contributed by atoms with van der Waals surface area (Å²) in [7, 11) is 0. The molecule has 1 amide bonds. The van der Waals surface area contributed by atoms with Crippen LogP contribution >= 0.6 is 11.6 Å². The van der Waals surface area contributed by atoms with Gasteiger partial charge in [-0.2, -0.15) is 0 Å². The second kappa shape index (κ2) is 11.1. The molecule has 176 valence electrons. The van der Waals surface area contributed by atoms with Gasteiger partial charge in [-0.15, -0.1) is 0 Å². The number of halogens is 1. The van der Waals surface area contributed by atoms with Gasteiger partial charge >= 0.3 is 0 Å². The first-order chi connectivity index (χ1) is 14.9. The summed E-state index contributed by atoms with van der Waals surface area (Å²) in [6, 6.07) is 11.4. The van der Waals surface area contributed by atoms with Gasteiger partial charge in [0.1, 0.15) is 0 Å². The van der Waals surface area contributed by atoms with E-state index in [1.807, 2.05) is 50.2 Å². The molecule has 0 aliphatic carbocycles. The number of ether oxygens (including phenoxy) is 2. The number of hydrogen-bond acceptors (Lipinski definition) is 4. The van der Waals surface area contributed by atoms with Crippen molar-refractivity contribution in [2.45, 2.75) is 67.0 Å². The van der Waals surface area contributed by atoms with Crippen molar-refractivity contribution < 1.29 is 14.3 Å². The van der Waals surface area contributed by atoms with Crippen molar-refractivity contribution in [3.05, 3.63) is 52.5 Å². The van der Waals surface area contributed by atoms with E-state index in [0.717, 1.165) is 23.2 Å². The monoisotopic (exact) mass is 460 g/mol. The first-order valence-electron chi connectivity index (χ1n) is 11.1. The first kappa shape index (κ1) is 26.0. The maximum Gasteiger partial charge on any atom is 0.262 e. The molecule has 2 aromatic rings. The zero-order chi connectivity index (χ0) is 23.9. The van der Waals surface area contributed by atoms with Crippen LogP contribution in [0.3, 0.4) is 0 Å². The number of benzene rings is 2. The van der Waals surface area contributed by atoms with Crippen molar-refractivity contribution in [2.24, 2.45) is 5.41 Å². The topological polar surface area (TPSA) is 59.6 Å². The van der Waals surface area contributed by atoms with Crippen molar-refractivity contribution in [3.8, 4) is 11.5 Å². The number of rotatable bonds is 10. The van der Waals surface area contributed by atoms with Crippen LogP contribution in [0.1, 0.15) is 59.1 Å². The number of anilines is 1. The summed E-state index contributed by atoms with van der Waals surface area (Å²) in [6.45, 7) is 16.0. The lowest BCUT2D eigenvalue weighted by Gasteiger charge is -2.33. The Labute approximate surface area is 197 Å². The minimum atomic E-state index is -0.262. The molecule has 32 heavy (non-hydrogen) atoms. The normalized spacial score (nSPS) is 11.9. The Morgan fingerprint density at radius 3 is 2.28 bits per heavy atom. The summed E-state index contributed by atoms with van der Waals surface area (Å²) < 4.78 is 11.5. The Hall–Kier alpha value is -2.24. The van der Waals surface area contributed by atoms with Gasteiger partial charge in [-0.05, 0) is 69.4 Å². The van der Waals surface area contributed by atoms with Gasteiger partial charge < -0.3 is 20.1 Å². The van der Waals surface area contributed by atoms with E-state index in [0.29, 0.717) is 29.7 Å². The minimum Gasteiger partial charge on any atom is -0.490 e. The summed E-state index contributed by atoms with van der Waals surface area (Å²) >= 11 is 6.52. The van der Waals surface area contributed by atoms with Crippen molar-refractivity contribution in [1.29, 1.82) is 0 Å². The maximum atomic E-state index is 12.3. The molecule has 0 bridgehead atoms. The van der Waals surface area contributed by atoms with Crippen molar-refractivity contribution in [1.82, 2.24) is 5.32 Å². The molecule has 0 aromatic heterocycles. The molecule has 2 rings (SSSR count). The van der Waals surface area contributed by atoms with E-state index < -0.39 is 0 Å². The van der Waals surface area contributed by atoms with E-state index in [-0.39, 0.29) is 23.5 Å². The lowest BCUT2D eigenvalue weighted by Crippen LogP contribution is -2.41. The highest BCUT2D eigenvalue weighted by molar-refractivity contribution is 6.32. The van der Waals surface area contributed by atoms with Gasteiger partial charge in [0, 0.05) is 17.8 Å². The van der Waals surface area contributed by atoms with Crippen LogP contribution in [0.25, 0.3) is 0 Å². The smallest absolute Gasteiger partial charge is 0.262 e. The fourth-order valence-electron chi connectivity index (χ4n) is 3.83. The summed E-state index contributed by atoms with van der Waals surface area (Å²) in [6.07, 6.45) is 1.03. The third-order valence-electron chi connectivity index (χ3n) is 4.80. The highest BCUT2D eigenvalue weighted by Gasteiger charge is 2.25. The highest BCUT2D eigenvalue weighted by atomic mass is 35.5. The van der Waals surface area contributed by atoms with Gasteiger partial charge in [0.2, 0.25) is 0 Å². The molecule has 6 heteroatoms. The van der Waals surface area contributed by atoms with Crippen molar-refractivity contribution in [3.63, 3.8) is 0 Å². The zero-order valence-electron chi connectivity index (χ0n) is 20.4. The van der Waals surface area contributed by atoms with Crippen molar-refractivity contribution >= 4 is 23.2 Å². The SMILES string of the molecule is CCOc1cc(CNC(C)(C)CC(C)(C)C)cc(Cl)c1OCC(=O)Nc1ccc(C)cc1. The second-order valence-corrected chi connectivity index (χ2v) is 10.4. The molecule has 0 aliphatic heterocycles. The molecule has 2 aromatic carbocycles. The number of amides is 1. The quantitative estimate of drug-likeness (QED) is 0.432. The number of hydrogen-bond donors (Lipinski definition) is 2. The minimum absolute atomic E-state index is 0.0280. The lowest BCUT2D eigenvalue weighted by atomic mass is 9.82. The molecule has 0 radical (unpaired) electrons. The molecule has 0 saturated heterocycles. The fourth-order valence-corrected chi connectivity index (χ4v) is 4.12. The molecule has 0 heterocycles. The van der Waals surface area contributed by atoms with Crippen LogP contribution in [-0.4, -0.2) is 24.7 Å². The van der Waals surface area contributed by atoms with Crippen LogP contribution < -0.4 is 20.1 Å². The van der Waals surface area contributed by atoms with E-state index in [1.165, 1.54) is 0 Å². The molecule has 0 saturated carbocycles. The Morgan fingerprint density at radius 2 is 1.69 bits per heavy atom. The maximum absolute atomic E-state index is 12.3. The number of carbonyl (C=O) groups excluding carboxylic acids is 1. The predicted molar refractivity (Wildman–Crippen MR) is 133 cm³/mol. The second-order valence-electron chi connectivity index (χ2n) is 10.0. The largest absolute Gasteiger partial charge is 0.490 e.